The zero-order valence-electron chi connectivity index (χ0n) is 9.20. The second-order valence-corrected chi connectivity index (χ2v) is 6.67. The summed E-state index contributed by atoms with van der Waals surface area (Å²) in [5.41, 5.74) is 6.80. The van der Waals surface area contributed by atoms with Crippen LogP contribution in [0.2, 0.25) is 0 Å². The highest BCUT2D eigenvalue weighted by atomic mass is 79.9. The number of nitrogens with two attached hydrogens (primary N) is 1. The van der Waals surface area contributed by atoms with Crippen molar-refractivity contribution in [3.8, 4) is 0 Å². The predicted molar refractivity (Wildman–Crippen MR) is 69.9 cm³/mol. The van der Waals surface area contributed by atoms with Crippen molar-refractivity contribution < 1.29 is 8.42 Å². The van der Waals surface area contributed by atoms with Crippen molar-refractivity contribution in [3.63, 3.8) is 0 Å². The van der Waals surface area contributed by atoms with E-state index in [1.807, 2.05) is 19.1 Å². The maximum Gasteiger partial charge on any atom is 0.236 e. The highest BCUT2D eigenvalue weighted by Gasteiger charge is 2.19. The number of nitrogens with one attached hydrogen (secondary N) is 1. The van der Waals surface area contributed by atoms with Crippen LogP contribution in [0.25, 0.3) is 0 Å². The minimum absolute atomic E-state index is 0.0996. The van der Waals surface area contributed by atoms with Crippen LogP contribution in [0.3, 0.4) is 0 Å². The highest BCUT2D eigenvalue weighted by Crippen LogP contribution is 2.22. The van der Waals surface area contributed by atoms with Gasteiger partial charge in [0.2, 0.25) is 10.0 Å². The number of halogens is 1. The first-order valence-corrected chi connectivity index (χ1v) is 7.18. The molecule has 4 nitrogen and oxygen atoms in total. The Hall–Kier alpha value is -0.590. The van der Waals surface area contributed by atoms with Gasteiger partial charge in [0.05, 0.1) is 10.9 Å². The highest BCUT2D eigenvalue weighted by molar-refractivity contribution is 9.10. The number of benzene rings is 1. The van der Waals surface area contributed by atoms with Gasteiger partial charge in [-0.1, -0.05) is 22.0 Å². The van der Waals surface area contributed by atoms with E-state index in [0.717, 1.165) is 10.0 Å². The third-order valence-electron chi connectivity index (χ3n) is 2.31. The van der Waals surface area contributed by atoms with Crippen molar-refractivity contribution in [1.29, 1.82) is 0 Å². The lowest BCUT2D eigenvalue weighted by Gasteiger charge is -2.14. The van der Waals surface area contributed by atoms with Gasteiger partial charge in [0.1, 0.15) is 0 Å². The number of hydrogen-bond acceptors (Lipinski definition) is 3. The largest absolute Gasteiger partial charge is 0.329 e. The van der Waals surface area contributed by atoms with Crippen molar-refractivity contribution in [2.75, 3.05) is 11.3 Å². The Morgan fingerprint density at radius 1 is 1.50 bits per heavy atom. The van der Waals surface area contributed by atoms with Crippen molar-refractivity contribution in [1.82, 2.24) is 0 Å². The van der Waals surface area contributed by atoms with E-state index in [9.17, 15) is 8.42 Å². The standard InChI is InChI=1S/C10H15BrN2O2S/c1-7-3-4-9(11)5-10(7)13-16(14,15)8(2)6-12/h3-5,8,13H,6,12H2,1-2H3. The first-order valence-electron chi connectivity index (χ1n) is 4.84. The van der Waals surface area contributed by atoms with Gasteiger partial charge in [0, 0.05) is 11.0 Å². The van der Waals surface area contributed by atoms with E-state index in [1.54, 1.807) is 13.0 Å². The van der Waals surface area contributed by atoms with Gasteiger partial charge in [-0.3, -0.25) is 4.72 Å². The number of anilines is 1. The molecular weight excluding hydrogens is 292 g/mol. The van der Waals surface area contributed by atoms with E-state index >= 15 is 0 Å². The average molecular weight is 307 g/mol. The molecule has 0 aliphatic heterocycles. The zero-order valence-corrected chi connectivity index (χ0v) is 11.6. The number of sulfonamides is 1. The fourth-order valence-electron chi connectivity index (χ4n) is 1.08. The lowest BCUT2D eigenvalue weighted by molar-refractivity contribution is 0.589. The summed E-state index contributed by atoms with van der Waals surface area (Å²) in [4.78, 5) is 0. The Kier molecular flexibility index (Phi) is 4.35. The summed E-state index contributed by atoms with van der Waals surface area (Å²) < 4.78 is 26.9. The Morgan fingerprint density at radius 2 is 2.12 bits per heavy atom. The lowest BCUT2D eigenvalue weighted by Crippen LogP contribution is -2.31. The molecule has 0 bridgehead atoms. The number of rotatable bonds is 4. The first-order chi connectivity index (χ1) is 7.36. The molecule has 0 radical (unpaired) electrons. The fraction of sp³-hybridized carbons (Fsp3) is 0.400. The molecule has 0 spiro atoms. The summed E-state index contributed by atoms with van der Waals surface area (Å²) in [6.07, 6.45) is 0. The van der Waals surface area contributed by atoms with Gasteiger partial charge in [-0.2, -0.15) is 0 Å². The van der Waals surface area contributed by atoms with E-state index in [-0.39, 0.29) is 6.54 Å². The van der Waals surface area contributed by atoms with E-state index in [4.69, 9.17) is 5.73 Å². The second-order valence-electron chi connectivity index (χ2n) is 3.65. The van der Waals surface area contributed by atoms with E-state index in [2.05, 4.69) is 20.7 Å². The van der Waals surface area contributed by atoms with Gasteiger partial charge in [0.15, 0.2) is 0 Å². The first kappa shape index (κ1) is 13.5. The molecular formula is C10H15BrN2O2S. The summed E-state index contributed by atoms with van der Waals surface area (Å²) in [5.74, 6) is 0. The monoisotopic (exact) mass is 306 g/mol. The molecule has 3 N–H and O–H groups in total. The Labute approximate surface area is 104 Å². The van der Waals surface area contributed by atoms with Crippen molar-refractivity contribution >= 4 is 31.6 Å². The molecule has 0 aromatic heterocycles. The van der Waals surface area contributed by atoms with Gasteiger partial charge < -0.3 is 5.73 Å². The third-order valence-corrected chi connectivity index (χ3v) is 4.56. The molecule has 0 aliphatic rings. The topological polar surface area (TPSA) is 72.2 Å². The van der Waals surface area contributed by atoms with Crippen LogP contribution in [-0.2, 0) is 10.0 Å². The molecule has 1 rings (SSSR count). The molecule has 0 saturated heterocycles. The van der Waals surface area contributed by atoms with E-state index in [1.165, 1.54) is 0 Å². The summed E-state index contributed by atoms with van der Waals surface area (Å²) in [6.45, 7) is 3.52. The van der Waals surface area contributed by atoms with Gasteiger partial charge in [-0.15, -0.1) is 0 Å². The summed E-state index contributed by atoms with van der Waals surface area (Å²) >= 11 is 3.30. The van der Waals surface area contributed by atoms with E-state index < -0.39 is 15.3 Å². The molecule has 1 atom stereocenters. The summed E-state index contributed by atoms with van der Waals surface area (Å²) in [7, 11) is -3.40. The average Bonchev–Trinajstić information content (AvgIpc) is 2.22. The van der Waals surface area contributed by atoms with Crippen LogP contribution >= 0.6 is 15.9 Å². The van der Waals surface area contributed by atoms with Crippen LogP contribution in [0.4, 0.5) is 5.69 Å². The fourth-order valence-corrected chi connectivity index (χ4v) is 2.43. The molecule has 1 aromatic rings. The lowest BCUT2D eigenvalue weighted by atomic mass is 10.2. The summed E-state index contributed by atoms with van der Waals surface area (Å²) in [6, 6.07) is 5.44. The minimum atomic E-state index is -3.40. The van der Waals surface area contributed by atoms with Crippen LogP contribution in [-0.4, -0.2) is 20.2 Å². The smallest absolute Gasteiger partial charge is 0.236 e. The summed E-state index contributed by atoms with van der Waals surface area (Å²) in [5, 5.41) is -0.606. The Morgan fingerprint density at radius 3 is 2.69 bits per heavy atom. The molecule has 16 heavy (non-hydrogen) atoms. The maximum atomic E-state index is 11.8. The zero-order chi connectivity index (χ0) is 12.3. The quantitative estimate of drug-likeness (QED) is 0.891. The molecule has 1 aromatic carbocycles. The maximum absolute atomic E-state index is 11.8. The van der Waals surface area contributed by atoms with Crippen LogP contribution in [0.1, 0.15) is 12.5 Å². The van der Waals surface area contributed by atoms with Crippen molar-refractivity contribution in [2.45, 2.75) is 19.1 Å². The van der Waals surface area contributed by atoms with Gasteiger partial charge in [0.25, 0.3) is 0 Å². The molecule has 0 saturated carbocycles. The molecule has 1 unspecified atom stereocenters. The van der Waals surface area contributed by atoms with Crippen molar-refractivity contribution in [2.24, 2.45) is 5.73 Å². The molecule has 0 amide bonds. The second kappa shape index (κ2) is 5.16. The molecule has 90 valence electrons. The molecule has 6 heteroatoms. The van der Waals surface area contributed by atoms with Gasteiger partial charge >= 0.3 is 0 Å². The Bertz CT molecular complexity index is 474. The van der Waals surface area contributed by atoms with Crippen molar-refractivity contribution in [3.05, 3.63) is 28.2 Å². The van der Waals surface area contributed by atoms with Crippen LogP contribution < -0.4 is 10.5 Å². The predicted octanol–water partition coefficient (Wildman–Crippen LogP) is 1.85. The SMILES string of the molecule is Cc1ccc(Br)cc1NS(=O)(=O)C(C)CN. The molecule has 0 fully saturated rings. The molecule has 0 heterocycles. The Balaban J connectivity index is 3.01. The third kappa shape index (κ3) is 3.20. The minimum Gasteiger partial charge on any atom is -0.329 e. The van der Waals surface area contributed by atoms with Crippen LogP contribution in [0, 0.1) is 6.92 Å². The number of aryl methyl sites for hydroxylation is 1. The normalized spacial score (nSPS) is 13.5. The van der Waals surface area contributed by atoms with Crippen LogP contribution in [0.15, 0.2) is 22.7 Å². The van der Waals surface area contributed by atoms with Crippen LogP contribution in [0.5, 0.6) is 0 Å². The van der Waals surface area contributed by atoms with Gasteiger partial charge in [-0.25, -0.2) is 8.42 Å². The molecule has 0 aliphatic carbocycles. The van der Waals surface area contributed by atoms with Gasteiger partial charge in [-0.05, 0) is 31.5 Å². The van der Waals surface area contributed by atoms with E-state index in [0.29, 0.717) is 5.69 Å². The number of hydrogen-bond donors (Lipinski definition) is 2.